The predicted molar refractivity (Wildman–Crippen MR) is 91.2 cm³/mol. The Morgan fingerprint density at radius 2 is 2.23 bits per heavy atom. The average molecular weight is 322 g/mol. The molecule has 1 aromatic carbocycles. The molecule has 5 heteroatoms. The molecule has 0 heterocycles. The van der Waals surface area contributed by atoms with Gasteiger partial charge in [0.2, 0.25) is 5.91 Å². The summed E-state index contributed by atoms with van der Waals surface area (Å²) < 4.78 is 5.35. The molecule has 3 atom stereocenters. The van der Waals surface area contributed by atoms with E-state index >= 15 is 0 Å². The second kappa shape index (κ2) is 8.44. The summed E-state index contributed by atoms with van der Waals surface area (Å²) in [4.78, 5) is 13.2. The normalized spacial score (nSPS) is 22.3. The lowest BCUT2D eigenvalue weighted by Crippen LogP contribution is -2.34. The van der Waals surface area contributed by atoms with Crippen molar-refractivity contribution in [2.75, 3.05) is 19.4 Å². The fraction of sp³-hybridized carbons (Fsp3) is 0.588. The highest BCUT2D eigenvalue weighted by molar-refractivity contribution is 7.99. The lowest BCUT2D eigenvalue weighted by Gasteiger charge is -2.16. The van der Waals surface area contributed by atoms with Crippen LogP contribution in [0.3, 0.4) is 0 Å². The molecule has 1 amide bonds. The zero-order chi connectivity index (χ0) is 15.9. The number of rotatable bonds is 7. The van der Waals surface area contributed by atoms with Gasteiger partial charge in [-0.25, -0.2) is 0 Å². The first-order chi connectivity index (χ1) is 10.6. The maximum atomic E-state index is 12.1. The second-order valence-electron chi connectivity index (χ2n) is 6.08. The van der Waals surface area contributed by atoms with Gasteiger partial charge in [-0.05, 0) is 37.3 Å². The van der Waals surface area contributed by atoms with Crippen LogP contribution in [-0.4, -0.2) is 31.4 Å². The van der Waals surface area contributed by atoms with Crippen molar-refractivity contribution in [1.82, 2.24) is 5.32 Å². The van der Waals surface area contributed by atoms with Crippen molar-refractivity contribution in [3.63, 3.8) is 0 Å². The van der Waals surface area contributed by atoms with Crippen LogP contribution in [0, 0.1) is 11.8 Å². The lowest BCUT2D eigenvalue weighted by molar-refractivity contribution is -0.124. The number of nitrogens with two attached hydrogens (primary N) is 1. The van der Waals surface area contributed by atoms with Crippen molar-refractivity contribution in [3.8, 4) is 5.75 Å². The van der Waals surface area contributed by atoms with Crippen LogP contribution >= 0.6 is 11.8 Å². The maximum Gasteiger partial charge on any atom is 0.223 e. The number of ether oxygens (including phenoxy) is 1. The molecule has 0 spiro atoms. The summed E-state index contributed by atoms with van der Waals surface area (Å²) in [5, 5.41) is 3.07. The zero-order valence-corrected chi connectivity index (χ0v) is 14.2. The van der Waals surface area contributed by atoms with Gasteiger partial charge in [-0.15, -0.1) is 11.8 Å². The summed E-state index contributed by atoms with van der Waals surface area (Å²) in [5.41, 5.74) is 5.86. The number of methoxy groups -OCH3 is 1. The quantitative estimate of drug-likeness (QED) is 0.758. The Morgan fingerprint density at radius 3 is 2.91 bits per heavy atom. The molecule has 3 N–H and O–H groups in total. The van der Waals surface area contributed by atoms with Gasteiger partial charge in [0.1, 0.15) is 5.75 Å². The van der Waals surface area contributed by atoms with E-state index < -0.39 is 0 Å². The van der Waals surface area contributed by atoms with Gasteiger partial charge in [0.15, 0.2) is 0 Å². The van der Waals surface area contributed by atoms with E-state index in [1.165, 1.54) is 0 Å². The molecular weight excluding hydrogens is 296 g/mol. The fourth-order valence-electron chi connectivity index (χ4n) is 2.70. The van der Waals surface area contributed by atoms with Gasteiger partial charge >= 0.3 is 0 Å². The molecule has 122 valence electrons. The smallest absolute Gasteiger partial charge is 0.223 e. The summed E-state index contributed by atoms with van der Waals surface area (Å²) in [6, 6.07) is 8.22. The zero-order valence-electron chi connectivity index (χ0n) is 13.4. The number of nitrogens with one attached hydrogen (secondary N) is 1. The first kappa shape index (κ1) is 17.2. The molecular formula is C17H26N2O2S. The van der Waals surface area contributed by atoms with Gasteiger partial charge < -0.3 is 15.8 Å². The Hall–Kier alpha value is -1.20. The molecule has 1 saturated carbocycles. The highest BCUT2D eigenvalue weighted by Crippen LogP contribution is 2.30. The standard InChI is InChI=1S/C17H26N2O2S/c1-12(10-19-17(20)13-7-8-14(18)9-13)11-22-16-6-4-3-5-15(16)21-2/h3-6,12-14H,7-11,18H2,1-2H3,(H,19,20). The van der Waals surface area contributed by atoms with E-state index in [0.29, 0.717) is 12.5 Å². The number of thioether (sulfide) groups is 1. The summed E-state index contributed by atoms with van der Waals surface area (Å²) in [7, 11) is 1.69. The van der Waals surface area contributed by atoms with Gasteiger partial charge in [-0.2, -0.15) is 0 Å². The summed E-state index contributed by atoms with van der Waals surface area (Å²) in [6.07, 6.45) is 2.73. The highest BCUT2D eigenvalue weighted by Gasteiger charge is 2.27. The molecule has 22 heavy (non-hydrogen) atoms. The van der Waals surface area contributed by atoms with Gasteiger partial charge in [-0.1, -0.05) is 19.1 Å². The Labute approximate surface area is 137 Å². The van der Waals surface area contributed by atoms with Crippen molar-refractivity contribution in [1.29, 1.82) is 0 Å². The molecule has 1 aromatic rings. The van der Waals surface area contributed by atoms with Crippen LogP contribution in [0.5, 0.6) is 5.75 Å². The van der Waals surface area contributed by atoms with Crippen molar-refractivity contribution in [2.24, 2.45) is 17.6 Å². The second-order valence-corrected chi connectivity index (χ2v) is 7.14. The molecule has 1 fully saturated rings. The first-order valence-corrected chi connectivity index (χ1v) is 8.87. The molecule has 0 aliphatic heterocycles. The lowest BCUT2D eigenvalue weighted by atomic mass is 10.1. The minimum atomic E-state index is 0.115. The van der Waals surface area contributed by atoms with Crippen LogP contribution in [0.15, 0.2) is 29.2 Å². The number of benzene rings is 1. The van der Waals surface area contributed by atoms with E-state index in [1.54, 1.807) is 18.9 Å². The molecule has 1 aliphatic rings. The van der Waals surface area contributed by atoms with Gasteiger partial charge in [0, 0.05) is 29.2 Å². The van der Waals surface area contributed by atoms with Crippen molar-refractivity contribution < 1.29 is 9.53 Å². The van der Waals surface area contributed by atoms with Crippen LogP contribution in [0.4, 0.5) is 0 Å². The van der Waals surface area contributed by atoms with Crippen LogP contribution in [0.1, 0.15) is 26.2 Å². The fourth-order valence-corrected chi connectivity index (χ4v) is 3.75. The van der Waals surface area contributed by atoms with Crippen molar-refractivity contribution in [3.05, 3.63) is 24.3 Å². The van der Waals surface area contributed by atoms with E-state index in [4.69, 9.17) is 10.5 Å². The first-order valence-electron chi connectivity index (χ1n) is 7.89. The van der Waals surface area contributed by atoms with Crippen LogP contribution < -0.4 is 15.8 Å². The molecule has 0 radical (unpaired) electrons. The van der Waals surface area contributed by atoms with Crippen LogP contribution in [0.25, 0.3) is 0 Å². The van der Waals surface area contributed by atoms with Crippen LogP contribution in [-0.2, 0) is 4.79 Å². The molecule has 4 nitrogen and oxygen atoms in total. The summed E-state index contributed by atoms with van der Waals surface area (Å²) in [6.45, 7) is 2.87. The Morgan fingerprint density at radius 1 is 1.45 bits per heavy atom. The topological polar surface area (TPSA) is 64.3 Å². The van der Waals surface area contributed by atoms with E-state index in [0.717, 1.165) is 35.7 Å². The van der Waals surface area contributed by atoms with E-state index in [1.807, 2.05) is 18.2 Å². The molecule has 0 saturated heterocycles. The predicted octanol–water partition coefficient (Wildman–Crippen LogP) is 2.67. The Bertz CT molecular complexity index is 495. The molecule has 0 bridgehead atoms. The molecule has 1 aliphatic carbocycles. The van der Waals surface area contributed by atoms with E-state index in [-0.39, 0.29) is 17.9 Å². The SMILES string of the molecule is COc1ccccc1SCC(C)CNC(=O)C1CCC(N)C1. The highest BCUT2D eigenvalue weighted by atomic mass is 32.2. The number of carbonyl (C=O) groups excluding carboxylic acids is 1. The summed E-state index contributed by atoms with van der Waals surface area (Å²) in [5.74, 6) is 2.55. The number of hydrogen-bond donors (Lipinski definition) is 2. The maximum absolute atomic E-state index is 12.1. The third-order valence-electron chi connectivity index (χ3n) is 4.06. The average Bonchev–Trinajstić information content (AvgIpc) is 2.97. The minimum absolute atomic E-state index is 0.115. The molecule has 2 rings (SSSR count). The van der Waals surface area contributed by atoms with Crippen molar-refractivity contribution in [2.45, 2.75) is 37.1 Å². The third kappa shape index (κ3) is 4.92. The van der Waals surface area contributed by atoms with E-state index in [2.05, 4.69) is 18.3 Å². The molecule has 3 unspecified atom stereocenters. The Kier molecular flexibility index (Phi) is 6.58. The number of amides is 1. The third-order valence-corrected chi connectivity index (χ3v) is 5.45. The van der Waals surface area contributed by atoms with Crippen LogP contribution in [0.2, 0.25) is 0 Å². The number of para-hydroxylation sites is 1. The van der Waals surface area contributed by atoms with Gasteiger partial charge in [0.05, 0.1) is 7.11 Å². The minimum Gasteiger partial charge on any atom is -0.496 e. The number of carbonyl (C=O) groups is 1. The molecule has 0 aromatic heterocycles. The monoisotopic (exact) mass is 322 g/mol. The largest absolute Gasteiger partial charge is 0.496 e. The number of hydrogen-bond acceptors (Lipinski definition) is 4. The summed E-state index contributed by atoms with van der Waals surface area (Å²) >= 11 is 1.77. The van der Waals surface area contributed by atoms with Gasteiger partial charge in [-0.3, -0.25) is 4.79 Å². The van der Waals surface area contributed by atoms with Crippen molar-refractivity contribution >= 4 is 17.7 Å². The van der Waals surface area contributed by atoms with Gasteiger partial charge in [0.25, 0.3) is 0 Å². The Balaban J connectivity index is 1.71. The van der Waals surface area contributed by atoms with E-state index in [9.17, 15) is 4.79 Å².